The van der Waals surface area contributed by atoms with Crippen LogP contribution < -0.4 is 0 Å². The van der Waals surface area contributed by atoms with E-state index in [1.165, 1.54) is 70.6 Å². The van der Waals surface area contributed by atoms with E-state index >= 15 is 0 Å². The Morgan fingerprint density at radius 2 is 1.00 bits per heavy atom. The molecule has 0 unspecified atom stereocenters. The fourth-order valence-corrected chi connectivity index (χ4v) is 2.02. The first kappa shape index (κ1) is 16.0. The maximum atomic E-state index is 6.54. The largest absolute Gasteiger partial charge is 0.365 e. The Kier molecular flexibility index (Phi) is 14.9. The van der Waals surface area contributed by atoms with Crippen molar-refractivity contribution in [2.24, 2.45) is 0 Å². The standard InChI is InChI=1S/C15H29O/c1-3-4-5-6-7-8-9-10-11-12-13-14-15-16-2/h3-15H2,1H3. The van der Waals surface area contributed by atoms with Gasteiger partial charge in [0.15, 0.2) is 7.11 Å². The van der Waals surface area contributed by atoms with E-state index in [2.05, 4.69) is 11.7 Å². The molecule has 0 aromatic carbocycles. The summed E-state index contributed by atoms with van der Waals surface area (Å²) in [5.74, 6) is 0. The third-order valence-electron chi connectivity index (χ3n) is 3.10. The van der Waals surface area contributed by atoms with Crippen molar-refractivity contribution < 1.29 is 4.74 Å². The van der Waals surface area contributed by atoms with Crippen molar-refractivity contribution in [2.45, 2.75) is 84.0 Å². The highest BCUT2D eigenvalue weighted by Gasteiger charge is 1.92. The van der Waals surface area contributed by atoms with Gasteiger partial charge in [0.25, 0.3) is 0 Å². The van der Waals surface area contributed by atoms with E-state index in [0.29, 0.717) is 6.61 Å². The van der Waals surface area contributed by atoms with E-state index in [1.807, 2.05) is 0 Å². The Bertz CT molecular complexity index is 98.0. The average molecular weight is 225 g/mol. The van der Waals surface area contributed by atoms with Crippen LogP contribution in [-0.2, 0) is 4.74 Å². The summed E-state index contributed by atoms with van der Waals surface area (Å²) >= 11 is 0. The van der Waals surface area contributed by atoms with Crippen LogP contribution in [0.3, 0.4) is 0 Å². The molecule has 0 aliphatic carbocycles. The smallest absolute Gasteiger partial charge is 0.173 e. The van der Waals surface area contributed by atoms with Crippen LogP contribution in [0.15, 0.2) is 0 Å². The van der Waals surface area contributed by atoms with Gasteiger partial charge in [0.05, 0.1) is 0 Å². The zero-order valence-corrected chi connectivity index (χ0v) is 11.1. The molecule has 0 bridgehead atoms. The minimum atomic E-state index is 0.609. The van der Waals surface area contributed by atoms with Crippen molar-refractivity contribution in [3.63, 3.8) is 0 Å². The molecule has 0 aromatic rings. The summed E-state index contributed by atoms with van der Waals surface area (Å²) < 4.78 is 4.28. The minimum Gasteiger partial charge on any atom is -0.365 e. The van der Waals surface area contributed by atoms with Gasteiger partial charge in [-0.2, -0.15) is 0 Å². The molecule has 16 heavy (non-hydrogen) atoms. The van der Waals surface area contributed by atoms with Crippen LogP contribution in [0.1, 0.15) is 84.0 Å². The predicted molar refractivity (Wildman–Crippen MR) is 70.3 cm³/mol. The van der Waals surface area contributed by atoms with Crippen LogP contribution in [0.25, 0.3) is 0 Å². The third-order valence-corrected chi connectivity index (χ3v) is 3.10. The summed E-state index contributed by atoms with van der Waals surface area (Å²) in [6, 6.07) is 0. The topological polar surface area (TPSA) is 9.23 Å². The van der Waals surface area contributed by atoms with E-state index in [9.17, 15) is 0 Å². The molecule has 0 saturated heterocycles. The highest BCUT2D eigenvalue weighted by Crippen LogP contribution is 2.11. The van der Waals surface area contributed by atoms with Crippen LogP contribution in [0.4, 0.5) is 0 Å². The van der Waals surface area contributed by atoms with Gasteiger partial charge in [0, 0.05) is 6.61 Å². The quantitative estimate of drug-likeness (QED) is 0.389. The molecule has 95 valence electrons. The predicted octanol–water partition coefficient (Wildman–Crippen LogP) is 5.25. The first-order chi connectivity index (χ1) is 7.91. The van der Waals surface area contributed by atoms with E-state index in [0.717, 1.165) is 6.42 Å². The van der Waals surface area contributed by atoms with Gasteiger partial charge in [-0.15, -0.1) is 0 Å². The summed E-state index contributed by atoms with van der Waals surface area (Å²) in [6.07, 6.45) is 16.3. The van der Waals surface area contributed by atoms with Crippen molar-refractivity contribution in [3.8, 4) is 0 Å². The Morgan fingerprint density at radius 1 is 0.625 bits per heavy atom. The van der Waals surface area contributed by atoms with Gasteiger partial charge < -0.3 is 4.74 Å². The van der Waals surface area contributed by atoms with Gasteiger partial charge in [0.2, 0.25) is 0 Å². The molecule has 0 N–H and O–H groups in total. The monoisotopic (exact) mass is 225 g/mol. The maximum absolute atomic E-state index is 6.54. The van der Waals surface area contributed by atoms with Gasteiger partial charge >= 0.3 is 0 Å². The van der Waals surface area contributed by atoms with Gasteiger partial charge in [-0.25, -0.2) is 0 Å². The van der Waals surface area contributed by atoms with Crippen molar-refractivity contribution in [2.75, 3.05) is 6.61 Å². The van der Waals surface area contributed by atoms with Crippen LogP contribution >= 0.6 is 0 Å². The van der Waals surface area contributed by atoms with Gasteiger partial charge in [-0.05, 0) is 6.42 Å². The Morgan fingerprint density at radius 3 is 1.38 bits per heavy atom. The normalized spacial score (nSPS) is 10.9. The van der Waals surface area contributed by atoms with Crippen LogP contribution in [-0.4, -0.2) is 6.61 Å². The van der Waals surface area contributed by atoms with E-state index < -0.39 is 0 Å². The summed E-state index contributed by atoms with van der Waals surface area (Å²) in [7, 11) is 6.54. The van der Waals surface area contributed by atoms with Gasteiger partial charge in [-0.3, -0.25) is 0 Å². The Labute approximate surface area is 103 Å². The zero-order chi connectivity index (χ0) is 11.9. The molecule has 1 heteroatoms. The second-order valence-electron chi connectivity index (χ2n) is 4.74. The molecule has 0 aromatic heterocycles. The fraction of sp³-hybridized carbons (Fsp3) is 0.933. The van der Waals surface area contributed by atoms with E-state index in [4.69, 9.17) is 7.11 Å². The SMILES string of the molecule is [C]OCCCCCCCCCCCCCC. The highest BCUT2D eigenvalue weighted by molar-refractivity contribution is 4.48. The molecule has 0 saturated carbocycles. The maximum Gasteiger partial charge on any atom is 0.173 e. The molecule has 0 amide bonds. The summed E-state index contributed by atoms with van der Waals surface area (Å²) in [5, 5.41) is 0. The summed E-state index contributed by atoms with van der Waals surface area (Å²) in [5.41, 5.74) is 0. The number of unbranched alkanes of at least 4 members (excludes halogenated alkanes) is 11. The Hall–Kier alpha value is -0.0400. The number of rotatable bonds is 13. The molecule has 0 spiro atoms. The molecule has 0 heterocycles. The lowest BCUT2D eigenvalue weighted by Gasteiger charge is -2.02. The minimum absolute atomic E-state index is 0.609. The third kappa shape index (κ3) is 14.0. The van der Waals surface area contributed by atoms with Crippen molar-refractivity contribution in [3.05, 3.63) is 7.11 Å². The van der Waals surface area contributed by atoms with E-state index in [-0.39, 0.29) is 0 Å². The first-order valence-corrected chi connectivity index (χ1v) is 7.20. The average Bonchev–Trinajstić information content (AvgIpc) is 2.31. The molecular weight excluding hydrogens is 196 g/mol. The van der Waals surface area contributed by atoms with Crippen molar-refractivity contribution in [1.29, 1.82) is 0 Å². The second kappa shape index (κ2) is 15.0. The summed E-state index contributed by atoms with van der Waals surface area (Å²) in [6.45, 7) is 2.88. The molecule has 0 fully saturated rings. The van der Waals surface area contributed by atoms with Crippen molar-refractivity contribution in [1.82, 2.24) is 0 Å². The molecule has 0 rings (SSSR count). The van der Waals surface area contributed by atoms with Gasteiger partial charge in [0.1, 0.15) is 0 Å². The van der Waals surface area contributed by atoms with Gasteiger partial charge in [-0.1, -0.05) is 77.6 Å². The fourth-order valence-electron chi connectivity index (χ4n) is 2.02. The number of ether oxygens (including phenoxy) is 1. The second-order valence-corrected chi connectivity index (χ2v) is 4.74. The highest BCUT2D eigenvalue weighted by atomic mass is 16.5. The zero-order valence-electron chi connectivity index (χ0n) is 11.1. The van der Waals surface area contributed by atoms with Crippen LogP contribution in [0, 0.1) is 7.11 Å². The van der Waals surface area contributed by atoms with Crippen LogP contribution in [0.2, 0.25) is 0 Å². The van der Waals surface area contributed by atoms with E-state index in [1.54, 1.807) is 0 Å². The summed E-state index contributed by atoms with van der Waals surface area (Å²) in [4.78, 5) is 0. The lowest BCUT2D eigenvalue weighted by Crippen LogP contribution is -1.87. The molecule has 3 radical (unpaired) electrons. The van der Waals surface area contributed by atoms with Crippen molar-refractivity contribution >= 4 is 0 Å². The van der Waals surface area contributed by atoms with Crippen LogP contribution in [0.5, 0.6) is 0 Å². The molecule has 0 aliphatic heterocycles. The molecule has 0 atom stereocenters. The molecule has 1 nitrogen and oxygen atoms in total. The molecule has 0 aliphatic rings. The lowest BCUT2D eigenvalue weighted by molar-refractivity contribution is 0.233. The lowest BCUT2D eigenvalue weighted by atomic mass is 10.1. The number of hydrogen-bond donors (Lipinski definition) is 0. The first-order valence-electron chi connectivity index (χ1n) is 7.20. The number of hydrogen-bond acceptors (Lipinski definition) is 1. The molecular formula is C15H29O. The Balaban J connectivity index is 2.83.